The normalized spacial score (nSPS) is 12.8. The van der Waals surface area contributed by atoms with Crippen molar-refractivity contribution in [2.45, 2.75) is 27.8 Å². The van der Waals surface area contributed by atoms with E-state index in [1.54, 1.807) is 24.4 Å². The molecule has 7 heteroatoms. The Bertz CT molecular complexity index is 1600. The molecule has 0 aliphatic carbocycles. The minimum Gasteiger partial charge on any atom is -0.527 e. The molecule has 2 aromatic heterocycles. The molecule has 40 heavy (non-hydrogen) atoms. The molecule has 0 unspecified atom stereocenters. The fourth-order valence-corrected chi connectivity index (χ4v) is 4.34. The Morgan fingerprint density at radius 2 is 1.77 bits per heavy atom. The van der Waals surface area contributed by atoms with E-state index in [2.05, 4.69) is 46.5 Å². The molecule has 1 N–H and O–H groups in total. The average Bonchev–Trinajstić information content (AvgIpc) is 3.51. The molecule has 3 aromatic carbocycles. The van der Waals surface area contributed by atoms with E-state index in [9.17, 15) is 5.11 Å². The van der Waals surface area contributed by atoms with Gasteiger partial charge in [-0.25, -0.2) is 0 Å². The smallest absolute Gasteiger partial charge is 0.374 e. The monoisotopic (exact) mass is 712 g/mol. The molecule has 1 radical (unpaired) electrons. The van der Waals surface area contributed by atoms with Crippen LogP contribution < -0.4 is 14.2 Å². The molecule has 3 heterocycles. The van der Waals surface area contributed by atoms with Gasteiger partial charge >= 0.3 is 5.89 Å². The van der Waals surface area contributed by atoms with Gasteiger partial charge in [-0.1, -0.05) is 43.8 Å². The van der Waals surface area contributed by atoms with Gasteiger partial charge in [0.2, 0.25) is 11.5 Å². The predicted octanol–water partition coefficient (Wildman–Crippen LogP) is 7.40. The minimum absolute atomic E-state index is 0. The third-order valence-electron chi connectivity index (χ3n) is 6.11. The first-order valence-corrected chi connectivity index (χ1v) is 12.6. The van der Waals surface area contributed by atoms with Crippen LogP contribution in [-0.4, -0.2) is 16.6 Å². The summed E-state index contributed by atoms with van der Waals surface area (Å²) in [5, 5.41) is 9.23. The first kappa shape index (κ1) is 30.4. The van der Waals surface area contributed by atoms with E-state index in [1.165, 1.54) is 0 Å². The molecule has 0 bridgehead atoms. The van der Waals surface area contributed by atoms with Gasteiger partial charge in [0.05, 0.1) is 11.8 Å². The number of fused-ring (bicyclic) bond motifs is 2. The van der Waals surface area contributed by atoms with Crippen LogP contribution in [0.25, 0.3) is 28.4 Å². The summed E-state index contributed by atoms with van der Waals surface area (Å²) >= 11 is 0. The van der Waals surface area contributed by atoms with Gasteiger partial charge in [0.15, 0.2) is 5.75 Å². The Balaban J connectivity index is 0.000000250. The number of oxazole rings is 1. The SMILES string of the molecule is C.CCN1/C(=C\C=C\c2oc3ccccc3[n+]2CC)Oc2ccccc21.Oc1cc[c-]c(-c2ccccn2)c1.[Ir]. The molecule has 6 rings (SSSR count). The van der Waals surface area contributed by atoms with Crippen LogP contribution in [0.15, 0.2) is 114 Å². The van der Waals surface area contributed by atoms with E-state index < -0.39 is 0 Å². The standard InChI is InChI=1S/C21H21N2O2.C11H8NO.CH4.Ir/c1-3-22-16-10-5-7-12-18(16)24-20(22)14-9-15-21-23(4-2)17-11-6-8-13-19(17)25-21;13-10-5-3-4-9(8-10)11-6-1-2-7-12-11;;/h5-15H,3-4H2,1-2H3;1-3,5-8,13H;1H4;/q+1;-1;;. The van der Waals surface area contributed by atoms with Crippen molar-refractivity contribution in [1.29, 1.82) is 0 Å². The van der Waals surface area contributed by atoms with Crippen molar-refractivity contribution in [3.8, 4) is 22.8 Å². The molecule has 1 aliphatic rings. The topological polar surface area (TPSA) is 62.6 Å². The van der Waals surface area contributed by atoms with Crippen LogP contribution in [0.3, 0.4) is 0 Å². The van der Waals surface area contributed by atoms with Crippen LogP contribution in [0.4, 0.5) is 5.69 Å². The Morgan fingerprint density at radius 1 is 1.00 bits per heavy atom. The van der Waals surface area contributed by atoms with Crippen LogP contribution >= 0.6 is 0 Å². The van der Waals surface area contributed by atoms with Gasteiger partial charge in [-0.3, -0.25) is 0 Å². The van der Waals surface area contributed by atoms with Crippen molar-refractivity contribution in [2.24, 2.45) is 0 Å². The number of rotatable bonds is 5. The second-order valence-electron chi connectivity index (χ2n) is 8.51. The molecule has 0 saturated carbocycles. The maximum absolute atomic E-state index is 9.23. The number of nitrogens with zero attached hydrogens (tertiary/aromatic N) is 3. The van der Waals surface area contributed by atoms with Gasteiger partial charge in [-0.15, -0.1) is 29.8 Å². The third-order valence-corrected chi connectivity index (χ3v) is 6.11. The number of phenols is 1. The van der Waals surface area contributed by atoms with Gasteiger partial charge in [-0.2, -0.15) is 4.57 Å². The van der Waals surface area contributed by atoms with Gasteiger partial charge in [0.1, 0.15) is 6.54 Å². The van der Waals surface area contributed by atoms with Gasteiger partial charge in [-0.05, 0) is 56.0 Å². The molecule has 0 fully saturated rings. The summed E-state index contributed by atoms with van der Waals surface area (Å²) < 4.78 is 14.1. The molecule has 0 spiro atoms. The molecular formula is C33H33IrN3O3. The molecule has 0 amide bonds. The molecule has 207 valence electrons. The number of benzene rings is 3. The van der Waals surface area contributed by atoms with Crippen molar-refractivity contribution in [1.82, 2.24) is 4.98 Å². The summed E-state index contributed by atoms with van der Waals surface area (Å²) in [4.78, 5) is 6.31. The predicted molar refractivity (Wildman–Crippen MR) is 156 cm³/mol. The number of pyridine rings is 1. The molecule has 0 atom stereocenters. The first-order valence-electron chi connectivity index (χ1n) is 12.6. The number of phenolic OH excluding ortho intramolecular Hbond substituents is 1. The number of aromatic hydroxyl groups is 1. The van der Waals surface area contributed by atoms with Crippen LogP contribution in [0.5, 0.6) is 11.5 Å². The molecule has 6 nitrogen and oxygen atoms in total. The fourth-order valence-electron chi connectivity index (χ4n) is 4.34. The van der Waals surface area contributed by atoms with E-state index >= 15 is 0 Å². The Hall–Kier alpha value is -4.19. The summed E-state index contributed by atoms with van der Waals surface area (Å²) in [7, 11) is 0. The fraction of sp³-hybridized carbons (Fsp3) is 0.152. The zero-order valence-corrected chi connectivity index (χ0v) is 24.1. The number of hydrogen-bond donors (Lipinski definition) is 1. The summed E-state index contributed by atoms with van der Waals surface area (Å²) in [6.45, 7) is 5.95. The maximum atomic E-state index is 9.23. The molecule has 1 aliphatic heterocycles. The maximum Gasteiger partial charge on any atom is 0.374 e. The van der Waals surface area contributed by atoms with Crippen molar-refractivity contribution >= 4 is 22.9 Å². The van der Waals surface area contributed by atoms with Crippen molar-refractivity contribution < 1.29 is 38.9 Å². The van der Waals surface area contributed by atoms with Crippen LogP contribution in [-0.2, 0) is 26.7 Å². The Labute approximate surface area is 249 Å². The van der Waals surface area contributed by atoms with Gasteiger partial charge < -0.3 is 24.1 Å². The zero-order valence-electron chi connectivity index (χ0n) is 21.7. The minimum atomic E-state index is 0. The second kappa shape index (κ2) is 14.3. The summed E-state index contributed by atoms with van der Waals surface area (Å²) in [6.07, 6.45) is 7.66. The van der Waals surface area contributed by atoms with E-state index in [0.29, 0.717) is 0 Å². The number of ether oxygens (including phenoxy) is 1. The van der Waals surface area contributed by atoms with Crippen molar-refractivity contribution in [2.75, 3.05) is 11.4 Å². The van der Waals surface area contributed by atoms with Crippen LogP contribution in [0.1, 0.15) is 27.2 Å². The molecule has 5 aromatic rings. The zero-order chi connectivity index (χ0) is 26.3. The number of aryl methyl sites for hydroxylation is 1. The molecular weight excluding hydrogens is 679 g/mol. The van der Waals surface area contributed by atoms with Crippen LogP contribution in [0, 0.1) is 6.07 Å². The summed E-state index contributed by atoms with van der Waals surface area (Å²) in [6, 6.07) is 29.7. The third kappa shape index (κ3) is 6.68. The first-order chi connectivity index (χ1) is 18.7. The van der Waals surface area contributed by atoms with Crippen LogP contribution in [0.2, 0.25) is 0 Å². The largest absolute Gasteiger partial charge is 0.527 e. The summed E-state index contributed by atoms with van der Waals surface area (Å²) in [5.41, 5.74) is 4.74. The number of anilines is 1. The van der Waals surface area contributed by atoms with E-state index in [4.69, 9.17) is 9.15 Å². The Morgan fingerprint density at radius 3 is 2.52 bits per heavy atom. The molecule has 0 saturated heterocycles. The van der Waals surface area contributed by atoms with Gasteiger partial charge in [0, 0.05) is 44.7 Å². The van der Waals surface area contributed by atoms with Crippen molar-refractivity contribution in [3.05, 3.63) is 121 Å². The van der Waals surface area contributed by atoms with Gasteiger partial charge in [0.25, 0.3) is 5.52 Å². The summed E-state index contributed by atoms with van der Waals surface area (Å²) in [5.74, 6) is 2.80. The number of para-hydroxylation sites is 4. The van der Waals surface area contributed by atoms with Crippen molar-refractivity contribution in [3.63, 3.8) is 0 Å². The number of allylic oxidation sites excluding steroid dienone is 2. The van der Waals surface area contributed by atoms with E-state index in [0.717, 1.165) is 58.7 Å². The number of hydrogen-bond acceptors (Lipinski definition) is 5. The quantitative estimate of drug-likeness (QED) is 0.152. The second-order valence-corrected chi connectivity index (χ2v) is 8.51. The number of aromatic nitrogens is 2. The van der Waals surface area contributed by atoms with E-state index in [1.807, 2.05) is 72.8 Å². The Kier molecular flexibility index (Phi) is 10.8. The van der Waals surface area contributed by atoms with E-state index in [-0.39, 0.29) is 33.3 Å². The average molecular weight is 712 g/mol.